The highest BCUT2D eigenvalue weighted by Gasteiger charge is 2.41. The molecule has 0 spiro atoms. The molecule has 0 unspecified atom stereocenters. The maximum Gasteiger partial charge on any atom is 0.0643 e. The molecule has 3 heteroatoms. The lowest BCUT2D eigenvalue weighted by Gasteiger charge is -2.32. The van der Waals surface area contributed by atoms with E-state index in [-0.39, 0.29) is 5.41 Å². The van der Waals surface area contributed by atoms with E-state index in [0.29, 0.717) is 0 Å². The van der Waals surface area contributed by atoms with Crippen LogP contribution >= 0.6 is 22.7 Å². The van der Waals surface area contributed by atoms with Crippen molar-refractivity contribution in [2.24, 2.45) is 0 Å². The Kier molecular flexibility index (Phi) is 6.79. The molecule has 0 fully saturated rings. The van der Waals surface area contributed by atoms with Crippen LogP contribution in [0.15, 0.2) is 182 Å². The topological polar surface area (TPSA) is 3.24 Å². The van der Waals surface area contributed by atoms with Gasteiger partial charge in [0.2, 0.25) is 0 Å². The summed E-state index contributed by atoms with van der Waals surface area (Å²) in [6, 6.07) is 67.5. The van der Waals surface area contributed by atoms with Crippen LogP contribution in [0.3, 0.4) is 0 Å². The van der Waals surface area contributed by atoms with Crippen LogP contribution in [0.1, 0.15) is 23.6 Å². The highest BCUT2D eigenvalue weighted by atomic mass is 32.1. The van der Waals surface area contributed by atoms with Crippen LogP contribution < -0.4 is 4.90 Å². The van der Waals surface area contributed by atoms with E-state index in [1.54, 1.807) is 0 Å². The molecule has 0 atom stereocenters. The van der Waals surface area contributed by atoms with Crippen molar-refractivity contribution in [3.8, 4) is 22.3 Å². The van der Waals surface area contributed by atoms with Gasteiger partial charge in [-0.25, -0.2) is 0 Å². The molecule has 2 aromatic heterocycles. The molecule has 0 radical (unpaired) electrons. The van der Waals surface area contributed by atoms with Crippen molar-refractivity contribution in [2.45, 2.75) is 12.3 Å². The van der Waals surface area contributed by atoms with Crippen LogP contribution in [-0.2, 0) is 5.41 Å². The molecule has 0 saturated heterocycles. The second-order valence-corrected chi connectivity index (χ2v) is 16.3. The quantitative estimate of drug-likeness (QED) is 0.172. The van der Waals surface area contributed by atoms with Crippen molar-refractivity contribution in [2.75, 3.05) is 4.90 Å². The fraction of sp³-hybridized carbons (Fsp3) is 0.0400. The van der Waals surface area contributed by atoms with Gasteiger partial charge in [0.1, 0.15) is 0 Å². The monoisotopic (exact) mass is 711 g/mol. The molecule has 10 aromatic rings. The van der Waals surface area contributed by atoms with E-state index in [1.807, 2.05) is 22.7 Å². The van der Waals surface area contributed by atoms with Crippen LogP contribution in [-0.4, -0.2) is 0 Å². The summed E-state index contributed by atoms with van der Waals surface area (Å²) in [6.45, 7) is 2.43. The Labute approximate surface area is 316 Å². The molecule has 53 heavy (non-hydrogen) atoms. The molecule has 11 rings (SSSR count). The van der Waals surface area contributed by atoms with E-state index >= 15 is 0 Å². The number of anilines is 3. The first kappa shape index (κ1) is 30.6. The number of hydrogen-bond acceptors (Lipinski definition) is 3. The summed E-state index contributed by atoms with van der Waals surface area (Å²) in [5, 5.41) is 5.19. The van der Waals surface area contributed by atoms with Gasteiger partial charge in [0.25, 0.3) is 0 Å². The molecular formula is C50H33NS2. The molecule has 1 aliphatic carbocycles. The highest BCUT2D eigenvalue weighted by Crippen LogP contribution is 2.56. The van der Waals surface area contributed by atoms with Crippen LogP contribution in [0.25, 0.3) is 62.6 Å². The average Bonchev–Trinajstić information content (AvgIpc) is 3.88. The lowest BCUT2D eigenvalue weighted by Crippen LogP contribution is -2.23. The van der Waals surface area contributed by atoms with Gasteiger partial charge in [0, 0.05) is 46.7 Å². The SMILES string of the molecule is CC1(c2cc(N(c3ccc(-c4ccccc4)cc3)c3cccc4sc5ccccc5c34)c3sc4ccccc4c3c2)c2ccccc2-c2ccccc21. The van der Waals surface area contributed by atoms with Crippen molar-refractivity contribution >= 4 is 80.1 Å². The van der Waals surface area contributed by atoms with Gasteiger partial charge in [0.15, 0.2) is 0 Å². The van der Waals surface area contributed by atoms with Gasteiger partial charge < -0.3 is 4.90 Å². The largest absolute Gasteiger partial charge is 0.308 e. The second kappa shape index (κ2) is 11.8. The van der Waals surface area contributed by atoms with E-state index < -0.39 is 0 Å². The molecule has 1 aliphatic rings. The average molecular weight is 712 g/mol. The predicted molar refractivity (Wildman–Crippen MR) is 230 cm³/mol. The summed E-state index contributed by atoms with van der Waals surface area (Å²) >= 11 is 3.77. The fourth-order valence-corrected chi connectivity index (χ4v) is 11.1. The van der Waals surface area contributed by atoms with Gasteiger partial charge in [-0.1, -0.05) is 133 Å². The Morgan fingerprint density at radius 3 is 1.75 bits per heavy atom. The molecule has 0 saturated carbocycles. The standard InChI is InChI=1S/C50H33NS2/c1-50(41-20-9-5-16-36(41)37-17-6-10-21-42(37)50)34-30-40-38-18-7-11-23-45(38)53-49(40)44(31-34)51(35-28-26-33(27-29-35)32-14-3-2-4-15-32)43-22-13-25-47-48(43)39-19-8-12-24-46(39)52-47/h2-31H,1H3. The smallest absolute Gasteiger partial charge is 0.0643 e. The van der Waals surface area contributed by atoms with E-state index in [2.05, 4.69) is 194 Å². The number of hydrogen-bond donors (Lipinski definition) is 0. The minimum Gasteiger partial charge on any atom is -0.308 e. The normalized spacial score (nSPS) is 13.2. The summed E-state index contributed by atoms with van der Waals surface area (Å²) < 4.78 is 5.20. The minimum atomic E-state index is -0.344. The third-order valence-corrected chi connectivity index (χ3v) is 13.7. The highest BCUT2D eigenvalue weighted by molar-refractivity contribution is 7.26. The molecule has 250 valence electrons. The van der Waals surface area contributed by atoms with Gasteiger partial charge in [-0.3, -0.25) is 0 Å². The first-order valence-corrected chi connectivity index (χ1v) is 19.8. The summed E-state index contributed by atoms with van der Waals surface area (Å²) in [6.07, 6.45) is 0. The van der Waals surface area contributed by atoms with Gasteiger partial charge in [-0.05, 0) is 94.4 Å². The summed E-state index contributed by atoms with van der Waals surface area (Å²) in [5.74, 6) is 0. The van der Waals surface area contributed by atoms with Crippen LogP contribution in [0.5, 0.6) is 0 Å². The molecule has 0 aliphatic heterocycles. The van der Waals surface area contributed by atoms with Crippen molar-refractivity contribution in [3.05, 3.63) is 199 Å². The molecular weight excluding hydrogens is 679 g/mol. The lowest BCUT2D eigenvalue weighted by molar-refractivity contribution is 0.715. The lowest BCUT2D eigenvalue weighted by atomic mass is 9.74. The Hall–Kier alpha value is -6.00. The van der Waals surface area contributed by atoms with Crippen LogP contribution in [0.2, 0.25) is 0 Å². The third-order valence-electron chi connectivity index (χ3n) is 11.4. The zero-order valence-electron chi connectivity index (χ0n) is 29.1. The number of rotatable bonds is 5. The third kappa shape index (κ3) is 4.54. The van der Waals surface area contributed by atoms with E-state index in [1.165, 1.54) is 90.7 Å². The summed E-state index contributed by atoms with van der Waals surface area (Å²) in [5.41, 5.74) is 12.3. The predicted octanol–water partition coefficient (Wildman–Crippen LogP) is 14.9. The number of fused-ring (bicyclic) bond motifs is 9. The number of thiophene rings is 2. The van der Waals surface area contributed by atoms with E-state index in [4.69, 9.17) is 0 Å². The number of benzene rings is 8. The number of nitrogens with zero attached hydrogens (tertiary/aromatic N) is 1. The van der Waals surface area contributed by atoms with Crippen LogP contribution in [0.4, 0.5) is 17.1 Å². The molecule has 0 N–H and O–H groups in total. The van der Waals surface area contributed by atoms with E-state index in [9.17, 15) is 0 Å². The first-order chi connectivity index (χ1) is 26.2. The molecule has 1 nitrogen and oxygen atoms in total. The maximum absolute atomic E-state index is 2.55. The van der Waals surface area contributed by atoms with Crippen molar-refractivity contribution in [1.82, 2.24) is 0 Å². The molecule has 0 bridgehead atoms. The Morgan fingerprint density at radius 2 is 1.02 bits per heavy atom. The van der Waals surface area contributed by atoms with Crippen LogP contribution in [0, 0.1) is 0 Å². The Morgan fingerprint density at radius 1 is 0.434 bits per heavy atom. The minimum absolute atomic E-state index is 0.344. The fourth-order valence-electron chi connectivity index (χ4n) is 8.81. The second-order valence-electron chi connectivity index (χ2n) is 14.2. The van der Waals surface area contributed by atoms with Gasteiger partial charge in [-0.15, -0.1) is 22.7 Å². The zero-order valence-corrected chi connectivity index (χ0v) is 30.7. The Bertz CT molecular complexity index is 2980. The summed E-state index contributed by atoms with van der Waals surface area (Å²) in [7, 11) is 0. The Balaban J connectivity index is 1.25. The van der Waals surface area contributed by atoms with Crippen molar-refractivity contribution < 1.29 is 0 Å². The summed E-state index contributed by atoms with van der Waals surface area (Å²) in [4.78, 5) is 2.55. The van der Waals surface area contributed by atoms with Gasteiger partial charge in [-0.2, -0.15) is 0 Å². The molecule has 0 amide bonds. The van der Waals surface area contributed by atoms with Crippen molar-refractivity contribution in [3.63, 3.8) is 0 Å². The molecule has 2 heterocycles. The van der Waals surface area contributed by atoms with Crippen molar-refractivity contribution in [1.29, 1.82) is 0 Å². The zero-order chi connectivity index (χ0) is 35.1. The first-order valence-electron chi connectivity index (χ1n) is 18.2. The van der Waals surface area contributed by atoms with E-state index in [0.717, 1.165) is 5.69 Å². The van der Waals surface area contributed by atoms with Gasteiger partial charge >= 0.3 is 0 Å². The van der Waals surface area contributed by atoms with Gasteiger partial charge in [0.05, 0.1) is 16.1 Å². The molecule has 8 aromatic carbocycles. The maximum atomic E-state index is 2.55.